The molecular weight excluding hydrogens is 592 g/mol. The van der Waals surface area contributed by atoms with Gasteiger partial charge < -0.3 is 74.1 Å². The second kappa shape index (κ2) is 12.4. The molecule has 0 radical (unpaired) electrons. The van der Waals surface area contributed by atoms with Crippen molar-refractivity contribution >= 4 is 11.0 Å². The first kappa shape index (κ1) is 31.7. The van der Waals surface area contributed by atoms with Gasteiger partial charge >= 0.3 is 0 Å². The van der Waals surface area contributed by atoms with Gasteiger partial charge in [-0.05, 0) is 25.1 Å². The fourth-order valence-corrected chi connectivity index (χ4v) is 4.99. The molecule has 3 aromatic rings. The van der Waals surface area contributed by atoms with E-state index in [0.29, 0.717) is 0 Å². The molecule has 2 fully saturated rings. The second-order valence-corrected chi connectivity index (χ2v) is 10.5. The van der Waals surface area contributed by atoms with E-state index < -0.39 is 96.1 Å². The van der Waals surface area contributed by atoms with Gasteiger partial charge in [-0.15, -0.1) is 0 Å². The number of hydrogen-bond acceptors (Lipinski definition) is 16. The number of methoxy groups -OCH3 is 1. The summed E-state index contributed by atoms with van der Waals surface area (Å²) in [5, 5.41) is 92.1. The van der Waals surface area contributed by atoms with E-state index in [1.54, 1.807) is 0 Å². The highest BCUT2D eigenvalue weighted by molar-refractivity contribution is 5.88. The zero-order chi connectivity index (χ0) is 32.0. The van der Waals surface area contributed by atoms with Crippen LogP contribution in [-0.2, 0) is 14.2 Å². The van der Waals surface area contributed by atoms with Gasteiger partial charge in [-0.2, -0.15) is 0 Å². The molecule has 2 aliphatic heterocycles. The van der Waals surface area contributed by atoms with E-state index in [0.717, 1.165) is 12.1 Å². The third-order valence-electron chi connectivity index (χ3n) is 7.50. The summed E-state index contributed by atoms with van der Waals surface area (Å²) in [6.07, 6.45) is -16.0. The summed E-state index contributed by atoms with van der Waals surface area (Å²) in [7, 11) is 1.28. The highest BCUT2D eigenvalue weighted by Gasteiger charge is 2.47. The third-order valence-corrected chi connectivity index (χ3v) is 7.50. The smallest absolute Gasteiger partial charge is 0.239 e. The van der Waals surface area contributed by atoms with Crippen LogP contribution in [0.5, 0.6) is 28.7 Å². The first-order valence-electron chi connectivity index (χ1n) is 13.4. The number of aromatic hydroxyl groups is 3. The number of benzene rings is 2. The Kier molecular flexibility index (Phi) is 8.90. The van der Waals surface area contributed by atoms with E-state index >= 15 is 0 Å². The van der Waals surface area contributed by atoms with Gasteiger partial charge in [0.1, 0.15) is 65.2 Å². The van der Waals surface area contributed by atoms with Crippen LogP contribution in [0.2, 0.25) is 0 Å². The molecule has 3 heterocycles. The summed E-state index contributed by atoms with van der Waals surface area (Å²) in [6, 6.07) is 5.83. The van der Waals surface area contributed by atoms with Gasteiger partial charge in [0, 0.05) is 17.7 Å². The fraction of sp³-hybridized carbons (Fsp3) is 0.464. The number of phenolic OH excluding ortho intramolecular Hbond substituents is 3. The molecule has 0 unspecified atom stereocenters. The number of rotatable bonds is 7. The number of aliphatic hydroxyl groups is 6. The molecule has 2 aromatic carbocycles. The molecule has 10 atom stereocenters. The molecule has 0 spiro atoms. The average molecular weight is 625 g/mol. The van der Waals surface area contributed by atoms with Gasteiger partial charge in [-0.1, -0.05) is 0 Å². The van der Waals surface area contributed by atoms with Crippen LogP contribution in [0.25, 0.3) is 22.3 Å². The van der Waals surface area contributed by atoms with Crippen LogP contribution in [0.3, 0.4) is 0 Å². The first-order valence-corrected chi connectivity index (χ1v) is 13.4. The molecule has 0 aliphatic carbocycles. The van der Waals surface area contributed by atoms with Crippen LogP contribution in [0.1, 0.15) is 6.92 Å². The van der Waals surface area contributed by atoms with Gasteiger partial charge in [0.25, 0.3) is 0 Å². The van der Waals surface area contributed by atoms with E-state index in [2.05, 4.69) is 0 Å². The predicted molar refractivity (Wildman–Crippen MR) is 145 cm³/mol. The first-order chi connectivity index (χ1) is 20.8. The SMILES string of the molecule is COc1cc(-c2oc3cc(O)cc(O)c3c(=O)c2O[C@H]2O[C@H](CO[C@H]3O[C@H](C)[C@@H](O)[C@H](O)[C@@H]3O)[C@@H](O)[C@H](O)[C@H]2O)ccc1O. The minimum Gasteiger partial charge on any atom is -0.508 e. The maximum atomic E-state index is 13.7. The van der Waals surface area contributed by atoms with Crippen LogP contribution in [-0.4, -0.2) is 121 Å². The van der Waals surface area contributed by atoms with Crippen LogP contribution >= 0.6 is 0 Å². The van der Waals surface area contributed by atoms with Gasteiger partial charge in [-0.25, -0.2) is 0 Å². The Morgan fingerprint density at radius 3 is 2.18 bits per heavy atom. The maximum absolute atomic E-state index is 13.7. The molecule has 240 valence electrons. The van der Waals surface area contributed by atoms with Crippen LogP contribution < -0.4 is 14.9 Å². The Morgan fingerprint density at radius 1 is 0.795 bits per heavy atom. The van der Waals surface area contributed by atoms with Crippen molar-refractivity contribution < 1.29 is 74.1 Å². The Balaban J connectivity index is 1.49. The summed E-state index contributed by atoms with van der Waals surface area (Å²) in [5.41, 5.74) is -1.11. The monoisotopic (exact) mass is 624 g/mol. The second-order valence-electron chi connectivity index (χ2n) is 10.5. The molecular formula is C28H32O16. The lowest BCUT2D eigenvalue weighted by atomic mass is 9.98. The predicted octanol–water partition coefficient (Wildman–Crippen LogP) is -1.38. The van der Waals surface area contributed by atoms with Gasteiger partial charge in [-0.3, -0.25) is 4.79 Å². The zero-order valence-corrected chi connectivity index (χ0v) is 23.3. The lowest BCUT2D eigenvalue weighted by Crippen LogP contribution is -2.61. The summed E-state index contributed by atoms with van der Waals surface area (Å²) < 4.78 is 33.2. The van der Waals surface area contributed by atoms with Crippen molar-refractivity contribution in [3.05, 3.63) is 40.6 Å². The minimum atomic E-state index is -1.94. The maximum Gasteiger partial charge on any atom is 0.239 e. The minimum absolute atomic E-state index is 0.0151. The summed E-state index contributed by atoms with van der Waals surface area (Å²) in [6.45, 7) is 0.845. The van der Waals surface area contributed by atoms with Crippen molar-refractivity contribution in [1.29, 1.82) is 0 Å². The molecule has 9 N–H and O–H groups in total. The van der Waals surface area contributed by atoms with E-state index in [1.807, 2.05) is 0 Å². The number of fused-ring (bicyclic) bond motifs is 1. The molecule has 0 saturated carbocycles. The van der Waals surface area contributed by atoms with Gasteiger partial charge in [0.2, 0.25) is 17.5 Å². The Labute approximate surface area is 248 Å². The Morgan fingerprint density at radius 2 is 1.48 bits per heavy atom. The molecule has 2 aliphatic rings. The van der Waals surface area contributed by atoms with Gasteiger partial charge in [0.15, 0.2) is 23.5 Å². The van der Waals surface area contributed by atoms with Crippen LogP contribution in [0.15, 0.2) is 39.5 Å². The van der Waals surface area contributed by atoms with Crippen molar-refractivity contribution in [2.75, 3.05) is 13.7 Å². The molecule has 16 nitrogen and oxygen atoms in total. The topological polar surface area (TPSA) is 258 Å². The van der Waals surface area contributed by atoms with E-state index in [9.17, 15) is 50.8 Å². The molecule has 44 heavy (non-hydrogen) atoms. The van der Waals surface area contributed by atoms with Crippen molar-refractivity contribution in [2.24, 2.45) is 0 Å². The highest BCUT2D eigenvalue weighted by atomic mass is 16.7. The summed E-state index contributed by atoms with van der Waals surface area (Å²) in [4.78, 5) is 13.7. The van der Waals surface area contributed by atoms with Gasteiger partial charge in [0.05, 0.1) is 19.8 Å². The summed E-state index contributed by atoms with van der Waals surface area (Å²) in [5.74, 6) is -2.28. The van der Waals surface area contributed by atoms with Crippen molar-refractivity contribution in [3.63, 3.8) is 0 Å². The third kappa shape index (κ3) is 5.74. The van der Waals surface area contributed by atoms with Crippen LogP contribution in [0.4, 0.5) is 0 Å². The quantitative estimate of drug-likeness (QED) is 0.147. The lowest BCUT2D eigenvalue weighted by molar-refractivity contribution is -0.318. The number of aliphatic hydroxyl groups excluding tert-OH is 6. The number of hydrogen-bond donors (Lipinski definition) is 9. The van der Waals surface area contributed by atoms with Crippen molar-refractivity contribution in [3.8, 4) is 40.1 Å². The molecule has 16 heteroatoms. The molecule has 2 saturated heterocycles. The highest BCUT2D eigenvalue weighted by Crippen LogP contribution is 2.39. The Hall–Kier alpha value is -3.71. The van der Waals surface area contributed by atoms with Crippen LogP contribution in [0, 0.1) is 0 Å². The molecule has 0 amide bonds. The largest absolute Gasteiger partial charge is 0.508 e. The van der Waals surface area contributed by atoms with Crippen molar-refractivity contribution in [1.82, 2.24) is 0 Å². The van der Waals surface area contributed by atoms with Crippen molar-refractivity contribution in [2.45, 2.75) is 68.3 Å². The average Bonchev–Trinajstić information content (AvgIpc) is 2.98. The molecule has 5 rings (SSSR count). The normalized spacial score (nSPS) is 32.5. The zero-order valence-electron chi connectivity index (χ0n) is 23.3. The fourth-order valence-electron chi connectivity index (χ4n) is 4.99. The van der Waals surface area contributed by atoms with E-state index in [1.165, 1.54) is 32.2 Å². The standard InChI is InChI=1S/C28H32O16/c1-9-18(32)21(35)23(37)27(41-9)40-8-16-19(33)22(36)24(38)28(43-16)44-26-20(34)17-13(31)6-11(29)7-15(17)42-25(26)10-3-4-12(30)14(5-10)39-2/h3-7,9,16,18-19,21-24,27-33,35-38H,8H2,1-2H3/t9-,16-,18-,19-,21+,22+,23+,24-,27+,28-/m1/s1. The molecule has 1 aromatic heterocycles. The van der Waals surface area contributed by atoms with E-state index in [-0.39, 0.29) is 28.4 Å². The number of phenols is 3. The number of ether oxygens (including phenoxy) is 5. The van der Waals surface area contributed by atoms with E-state index in [4.69, 9.17) is 28.1 Å². The Bertz CT molecular complexity index is 1560. The molecule has 0 bridgehead atoms. The summed E-state index contributed by atoms with van der Waals surface area (Å²) >= 11 is 0. The lowest BCUT2D eigenvalue weighted by Gasteiger charge is -2.42.